The van der Waals surface area contributed by atoms with Gasteiger partial charge in [0.05, 0.1) is 6.61 Å². The van der Waals surface area contributed by atoms with Gasteiger partial charge >= 0.3 is 5.97 Å². The van der Waals surface area contributed by atoms with Gasteiger partial charge in [0.25, 0.3) is 0 Å². The Labute approximate surface area is 37.1 Å². The van der Waals surface area contributed by atoms with Gasteiger partial charge in [0, 0.05) is 6.92 Å². The van der Waals surface area contributed by atoms with E-state index in [-0.39, 0.29) is 5.97 Å². The van der Waals surface area contributed by atoms with E-state index >= 15 is 0 Å². The molecule has 0 amide bonds. The molecule has 0 radical (unpaired) electrons. The molecule has 0 rings (SSSR count). The molecule has 0 spiro atoms. The Morgan fingerprint density at radius 2 is 2.33 bits per heavy atom. The number of ether oxygens (including phenoxy) is 1. The third-order valence-corrected chi connectivity index (χ3v) is 0.348. The second-order valence-corrected chi connectivity index (χ2v) is 0.925. The smallest absolute Gasteiger partial charge is 0.302 e. The molecule has 0 bridgehead atoms. The molecule has 0 aromatic carbocycles. The summed E-state index contributed by atoms with van der Waals surface area (Å²) in [6, 6.07) is 0. The molecule has 0 saturated heterocycles. The van der Waals surface area contributed by atoms with E-state index in [1.807, 2.05) is 0 Å². The fourth-order valence-electron chi connectivity index (χ4n) is 0.203. The predicted molar refractivity (Wildman–Crippen MR) is 22.3 cm³/mol. The van der Waals surface area contributed by atoms with E-state index in [2.05, 4.69) is 4.74 Å². The fraction of sp³-hybridized carbons (Fsp3) is 0.750. The van der Waals surface area contributed by atoms with Crippen molar-refractivity contribution in [3.63, 3.8) is 0 Å². The van der Waals surface area contributed by atoms with E-state index < -0.39 is 0 Å². The van der Waals surface area contributed by atoms with Crippen molar-refractivity contribution in [1.29, 1.82) is 0 Å². The molecule has 6 heavy (non-hydrogen) atoms. The highest BCUT2D eigenvalue weighted by molar-refractivity contribution is 5.65. The number of carbonyl (C=O) groups excluding carboxylic acids is 1. The third kappa shape index (κ3) is 3.47. The molecule has 0 unspecified atom stereocenters. The quantitative estimate of drug-likeness (QED) is 0.347. The summed E-state index contributed by atoms with van der Waals surface area (Å²) in [6.07, 6.45) is 0. The Bertz CT molecular complexity index is 49.5. The molecule has 36 valence electrons. The summed E-state index contributed by atoms with van der Waals surface area (Å²) in [4.78, 5) is 9.82. The summed E-state index contributed by atoms with van der Waals surface area (Å²) in [5.41, 5.74) is 0. The minimum absolute atomic E-state index is 0.211. The summed E-state index contributed by atoms with van der Waals surface area (Å²) >= 11 is 0. The van der Waals surface area contributed by atoms with Gasteiger partial charge in [-0.15, -0.1) is 0 Å². The lowest BCUT2D eigenvalue weighted by Crippen LogP contribution is -1.95. The summed E-state index contributed by atoms with van der Waals surface area (Å²) in [5.74, 6) is -0.211. The van der Waals surface area contributed by atoms with Crippen molar-refractivity contribution in [2.24, 2.45) is 0 Å². The van der Waals surface area contributed by atoms with E-state index in [0.717, 1.165) is 0 Å². The number of esters is 1. The molecule has 0 saturated carbocycles. The van der Waals surface area contributed by atoms with Crippen molar-refractivity contribution in [2.45, 2.75) is 13.8 Å². The van der Waals surface area contributed by atoms with Crippen LogP contribution in [0.1, 0.15) is 13.8 Å². The summed E-state index contributed by atoms with van der Waals surface area (Å²) in [5, 5.41) is 0. The van der Waals surface area contributed by atoms with Crippen LogP contribution in [0.25, 0.3) is 0 Å². The van der Waals surface area contributed by atoms with Gasteiger partial charge in [-0.1, -0.05) is 0 Å². The number of hydrogen-bond donors (Lipinski definition) is 0. The van der Waals surface area contributed by atoms with Crippen molar-refractivity contribution in [3.8, 4) is 0 Å². The van der Waals surface area contributed by atoms with Crippen molar-refractivity contribution in [3.05, 3.63) is 0 Å². The first-order valence-electron chi connectivity index (χ1n) is 1.90. The largest absolute Gasteiger partial charge is 0.466 e. The second-order valence-electron chi connectivity index (χ2n) is 0.925. The van der Waals surface area contributed by atoms with Crippen LogP contribution in [0.4, 0.5) is 0 Å². The Hall–Kier alpha value is -0.530. The van der Waals surface area contributed by atoms with Gasteiger partial charge in [-0.05, 0) is 6.92 Å². The van der Waals surface area contributed by atoms with Gasteiger partial charge in [0.1, 0.15) is 0 Å². The van der Waals surface area contributed by atoms with Crippen molar-refractivity contribution in [1.82, 2.24) is 0 Å². The maximum absolute atomic E-state index is 9.82. The van der Waals surface area contributed by atoms with Crippen molar-refractivity contribution < 1.29 is 9.53 Å². The van der Waals surface area contributed by atoms with Gasteiger partial charge in [-0.3, -0.25) is 4.79 Å². The first kappa shape index (κ1) is 5.47. The van der Waals surface area contributed by atoms with Crippen LogP contribution in [0.2, 0.25) is 0 Å². The Balaban J connectivity index is 2.83. The third-order valence-electron chi connectivity index (χ3n) is 0.348. The van der Waals surface area contributed by atoms with E-state index in [0.29, 0.717) is 6.61 Å². The molecule has 0 N–H and O–H groups in total. The summed E-state index contributed by atoms with van der Waals surface area (Å²) in [6.45, 7) is 3.65. The van der Waals surface area contributed by atoms with Gasteiger partial charge in [0.2, 0.25) is 0 Å². The molecule has 0 aliphatic heterocycles. The van der Waals surface area contributed by atoms with E-state index in [9.17, 15) is 4.79 Å². The molecule has 0 aromatic rings. The topological polar surface area (TPSA) is 26.3 Å². The predicted octanol–water partition coefficient (Wildman–Crippen LogP) is 0.569. The summed E-state index contributed by atoms with van der Waals surface area (Å²) < 4.78 is 4.40. The minimum atomic E-state index is -0.211. The van der Waals surface area contributed by atoms with Crippen LogP contribution in [0.5, 0.6) is 0 Å². The molecule has 0 atom stereocenters. The lowest BCUT2D eigenvalue weighted by Gasteiger charge is -1.89. The highest BCUT2D eigenvalue weighted by Crippen LogP contribution is 1.69. The van der Waals surface area contributed by atoms with Crippen LogP contribution in [0.15, 0.2) is 0 Å². The minimum Gasteiger partial charge on any atom is -0.466 e. The maximum Gasteiger partial charge on any atom is 0.302 e. The molecule has 2 heteroatoms. The average Bonchev–Trinajstić information content (AvgIpc) is 1.35. The van der Waals surface area contributed by atoms with Crippen LogP contribution in [0, 0.1) is 0 Å². The molecule has 0 aliphatic carbocycles. The van der Waals surface area contributed by atoms with Crippen LogP contribution >= 0.6 is 0 Å². The maximum atomic E-state index is 9.82. The first-order chi connectivity index (χ1) is 2.77. The molecule has 0 aliphatic rings. The highest BCUT2D eigenvalue weighted by Gasteiger charge is 1.81. The fourth-order valence-corrected chi connectivity index (χ4v) is 0.203. The highest BCUT2D eigenvalue weighted by atomic mass is 16.5. The molecule has 0 aromatic heterocycles. The van der Waals surface area contributed by atoms with E-state index in [4.69, 9.17) is 0 Å². The molecule has 0 heterocycles. The lowest BCUT2D eigenvalue weighted by atomic mass is 10.9. The van der Waals surface area contributed by atoms with Crippen molar-refractivity contribution >= 4 is 5.97 Å². The average molecular weight is 89.1 g/mol. The number of hydrogen-bond acceptors (Lipinski definition) is 2. The zero-order valence-electron chi connectivity index (χ0n) is 4.02. The zero-order valence-corrected chi connectivity index (χ0v) is 4.02. The summed E-state index contributed by atoms with van der Waals surface area (Å²) in [7, 11) is 0. The van der Waals surface area contributed by atoms with Crippen molar-refractivity contribution in [2.75, 3.05) is 6.61 Å². The number of rotatable bonds is 1. The van der Waals surface area contributed by atoms with Gasteiger partial charge in [0.15, 0.2) is 0 Å². The van der Waals surface area contributed by atoms with Crippen LogP contribution in [-0.4, -0.2) is 12.6 Å². The monoisotopic (exact) mass is 89.1 g/mol. The lowest BCUT2D eigenvalue weighted by molar-refractivity contribution is -0.140. The number of carbonyl (C=O) groups is 1. The van der Waals surface area contributed by atoms with E-state index in [1.54, 1.807) is 6.92 Å². The molecule has 0 fully saturated rings. The first-order valence-corrected chi connectivity index (χ1v) is 1.90. The van der Waals surface area contributed by atoms with Crippen LogP contribution in [-0.2, 0) is 9.53 Å². The standard InChI is InChI=1S/C4H8O2/c1-3-6-4(2)5/h3H2,1-2H3/i2+1. The van der Waals surface area contributed by atoms with Crippen LogP contribution < -0.4 is 0 Å². The zero-order chi connectivity index (χ0) is 4.99. The van der Waals surface area contributed by atoms with Crippen LogP contribution in [0.3, 0.4) is 0 Å². The second kappa shape index (κ2) is 2.69. The molecular formula is C4H8O2. The van der Waals surface area contributed by atoms with Gasteiger partial charge in [-0.2, -0.15) is 0 Å². The Kier molecular flexibility index (Phi) is 2.46. The molecular weight excluding hydrogens is 81.0 g/mol. The Morgan fingerprint density at radius 3 is 2.33 bits per heavy atom. The van der Waals surface area contributed by atoms with Gasteiger partial charge in [-0.25, -0.2) is 0 Å². The Morgan fingerprint density at radius 1 is 1.83 bits per heavy atom. The van der Waals surface area contributed by atoms with Gasteiger partial charge < -0.3 is 4.74 Å². The molecule has 2 nitrogen and oxygen atoms in total. The SMILES string of the molecule is CCOC([13CH3])=O. The van der Waals surface area contributed by atoms with E-state index in [1.165, 1.54) is 6.92 Å². The normalized spacial score (nSPS) is 7.67.